The Morgan fingerprint density at radius 1 is 1.35 bits per heavy atom. The zero-order valence-electron chi connectivity index (χ0n) is 13.9. The quantitative estimate of drug-likeness (QED) is 0.887. The van der Waals surface area contributed by atoms with Crippen LogP contribution in [0.15, 0.2) is 0 Å². The van der Waals surface area contributed by atoms with Gasteiger partial charge >= 0.3 is 0 Å². The maximum atomic E-state index is 12.2. The Labute approximate surface area is 141 Å². The number of carbonyl (C=O) groups excluding carboxylic acids is 2. The van der Waals surface area contributed by atoms with Crippen LogP contribution in [0.2, 0.25) is 0 Å². The SMILES string of the molecule is CC1(C)CC(=O)c2sc(NC(=O)CCC3CCNCC3)nc2C1. The Hall–Kier alpha value is -1.27. The van der Waals surface area contributed by atoms with Gasteiger partial charge in [-0.25, -0.2) is 4.98 Å². The molecule has 1 fully saturated rings. The number of Topliss-reactive ketones (excluding diaryl/α,β-unsaturated/α-hetero) is 1. The Balaban J connectivity index is 1.56. The molecule has 0 radical (unpaired) electrons. The summed E-state index contributed by atoms with van der Waals surface area (Å²) in [7, 11) is 0. The highest BCUT2D eigenvalue weighted by Gasteiger charge is 2.34. The molecule has 2 N–H and O–H groups in total. The molecule has 0 bridgehead atoms. The van der Waals surface area contributed by atoms with Crippen molar-refractivity contribution >= 4 is 28.2 Å². The molecule has 1 aliphatic carbocycles. The summed E-state index contributed by atoms with van der Waals surface area (Å²) < 4.78 is 0. The molecule has 1 aliphatic heterocycles. The first kappa shape index (κ1) is 16.6. The lowest BCUT2D eigenvalue weighted by Gasteiger charge is -2.26. The van der Waals surface area contributed by atoms with Crippen molar-refractivity contribution in [1.29, 1.82) is 0 Å². The molecular formula is C17H25N3O2S. The third-order valence-corrected chi connectivity index (χ3v) is 5.77. The van der Waals surface area contributed by atoms with Crippen LogP contribution in [-0.2, 0) is 11.2 Å². The van der Waals surface area contributed by atoms with E-state index in [-0.39, 0.29) is 17.1 Å². The summed E-state index contributed by atoms with van der Waals surface area (Å²) in [5.74, 6) is 0.819. The van der Waals surface area contributed by atoms with Crippen molar-refractivity contribution in [3.05, 3.63) is 10.6 Å². The smallest absolute Gasteiger partial charge is 0.226 e. The lowest BCUT2D eigenvalue weighted by atomic mass is 9.78. The molecule has 2 heterocycles. The van der Waals surface area contributed by atoms with Gasteiger partial charge in [0.05, 0.1) is 10.6 Å². The summed E-state index contributed by atoms with van der Waals surface area (Å²) in [5.41, 5.74) is 0.818. The molecule has 5 nitrogen and oxygen atoms in total. The monoisotopic (exact) mass is 335 g/mol. The standard InChI is InChI=1S/C17H25N3O2S/c1-17(2)9-12-15(13(21)10-17)23-16(19-12)20-14(22)4-3-11-5-7-18-8-6-11/h11,18H,3-10H2,1-2H3,(H,19,20,22). The molecule has 2 aliphatic rings. The highest BCUT2D eigenvalue weighted by molar-refractivity contribution is 7.17. The number of rotatable bonds is 4. The molecular weight excluding hydrogens is 310 g/mol. The van der Waals surface area contributed by atoms with Gasteiger partial charge in [0.25, 0.3) is 0 Å². The molecule has 0 spiro atoms. The minimum absolute atomic E-state index is 0.0151. The fourth-order valence-corrected chi connectivity index (χ4v) is 4.40. The van der Waals surface area contributed by atoms with Gasteiger partial charge in [-0.3, -0.25) is 9.59 Å². The first-order chi connectivity index (χ1) is 10.9. The maximum Gasteiger partial charge on any atom is 0.226 e. The van der Waals surface area contributed by atoms with Gasteiger partial charge in [-0.05, 0) is 50.1 Å². The second-order valence-electron chi connectivity index (χ2n) is 7.52. The highest BCUT2D eigenvalue weighted by atomic mass is 32.1. The van der Waals surface area contributed by atoms with Gasteiger partial charge in [-0.15, -0.1) is 0 Å². The minimum atomic E-state index is -0.0333. The minimum Gasteiger partial charge on any atom is -0.317 e. The van der Waals surface area contributed by atoms with Gasteiger partial charge < -0.3 is 10.6 Å². The number of piperidine rings is 1. The van der Waals surface area contributed by atoms with Crippen LogP contribution in [0.25, 0.3) is 0 Å². The van der Waals surface area contributed by atoms with Crippen LogP contribution in [0.1, 0.15) is 61.3 Å². The number of fused-ring (bicyclic) bond motifs is 1. The van der Waals surface area contributed by atoms with Crippen LogP contribution in [0.3, 0.4) is 0 Å². The lowest BCUT2D eigenvalue weighted by Crippen LogP contribution is -2.28. The molecule has 1 aromatic rings. The summed E-state index contributed by atoms with van der Waals surface area (Å²) in [6.45, 7) is 6.29. The number of hydrogen-bond acceptors (Lipinski definition) is 5. The lowest BCUT2D eigenvalue weighted by molar-refractivity contribution is -0.116. The number of nitrogens with zero attached hydrogens (tertiary/aromatic N) is 1. The number of anilines is 1. The normalized spacial score (nSPS) is 21.0. The number of ketones is 1. The molecule has 6 heteroatoms. The average molecular weight is 335 g/mol. The van der Waals surface area contributed by atoms with Crippen LogP contribution >= 0.6 is 11.3 Å². The number of hydrogen-bond donors (Lipinski definition) is 2. The number of amides is 1. The van der Waals surface area contributed by atoms with E-state index in [9.17, 15) is 9.59 Å². The predicted octanol–water partition coefficient (Wildman–Crippen LogP) is 3.02. The molecule has 0 saturated carbocycles. The molecule has 3 rings (SSSR count). The van der Waals surface area contributed by atoms with E-state index < -0.39 is 0 Å². The van der Waals surface area contributed by atoms with E-state index >= 15 is 0 Å². The van der Waals surface area contributed by atoms with Crippen LogP contribution < -0.4 is 10.6 Å². The maximum absolute atomic E-state index is 12.2. The van der Waals surface area contributed by atoms with Crippen molar-refractivity contribution in [2.45, 2.75) is 52.4 Å². The third kappa shape index (κ3) is 4.18. The summed E-state index contributed by atoms with van der Waals surface area (Å²) in [4.78, 5) is 29.5. The van der Waals surface area contributed by atoms with E-state index in [2.05, 4.69) is 29.5 Å². The largest absolute Gasteiger partial charge is 0.317 e. The molecule has 1 saturated heterocycles. The van der Waals surface area contributed by atoms with Crippen molar-refractivity contribution in [2.75, 3.05) is 18.4 Å². The van der Waals surface area contributed by atoms with Crippen molar-refractivity contribution in [3.63, 3.8) is 0 Å². The van der Waals surface area contributed by atoms with Crippen molar-refractivity contribution < 1.29 is 9.59 Å². The molecule has 1 aromatic heterocycles. The van der Waals surface area contributed by atoms with E-state index in [1.165, 1.54) is 11.3 Å². The molecule has 1 amide bonds. The average Bonchev–Trinajstić information content (AvgIpc) is 2.87. The summed E-state index contributed by atoms with van der Waals surface area (Å²) in [6, 6.07) is 0. The zero-order valence-corrected chi connectivity index (χ0v) is 14.7. The number of nitrogens with one attached hydrogen (secondary N) is 2. The summed E-state index contributed by atoms with van der Waals surface area (Å²) in [6.07, 6.45) is 5.14. The van der Waals surface area contributed by atoms with Gasteiger partial charge in [-0.1, -0.05) is 25.2 Å². The van der Waals surface area contributed by atoms with E-state index in [0.29, 0.717) is 23.9 Å². The van der Waals surface area contributed by atoms with Crippen molar-refractivity contribution in [2.24, 2.45) is 11.3 Å². The van der Waals surface area contributed by atoms with Crippen LogP contribution in [0.4, 0.5) is 5.13 Å². The third-order valence-electron chi connectivity index (χ3n) is 4.72. The predicted molar refractivity (Wildman–Crippen MR) is 92.0 cm³/mol. The fourth-order valence-electron chi connectivity index (χ4n) is 3.46. The second kappa shape index (κ2) is 6.69. The van der Waals surface area contributed by atoms with Gasteiger partial charge in [0.2, 0.25) is 5.91 Å². The van der Waals surface area contributed by atoms with Crippen molar-refractivity contribution in [3.8, 4) is 0 Å². The molecule has 0 atom stereocenters. The highest BCUT2D eigenvalue weighted by Crippen LogP contribution is 2.38. The first-order valence-electron chi connectivity index (χ1n) is 8.46. The van der Waals surface area contributed by atoms with Gasteiger partial charge in [0.15, 0.2) is 10.9 Å². The van der Waals surface area contributed by atoms with Crippen LogP contribution in [0, 0.1) is 11.3 Å². The molecule has 126 valence electrons. The van der Waals surface area contributed by atoms with Crippen LogP contribution in [0.5, 0.6) is 0 Å². The number of carbonyl (C=O) groups is 2. The molecule has 23 heavy (non-hydrogen) atoms. The van der Waals surface area contributed by atoms with E-state index in [0.717, 1.165) is 49.3 Å². The fraction of sp³-hybridized carbons (Fsp3) is 0.706. The number of aromatic nitrogens is 1. The second-order valence-corrected chi connectivity index (χ2v) is 8.52. The van der Waals surface area contributed by atoms with Gasteiger partial charge in [0, 0.05) is 12.8 Å². The Bertz CT molecular complexity index is 603. The van der Waals surface area contributed by atoms with Crippen LogP contribution in [-0.4, -0.2) is 29.8 Å². The topological polar surface area (TPSA) is 71.1 Å². The zero-order chi connectivity index (χ0) is 16.4. The van der Waals surface area contributed by atoms with E-state index in [4.69, 9.17) is 0 Å². The molecule has 0 unspecified atom stereocenters. The summed E-state index contributed by atoms with van der Waals surface area (Å²) >= 11 is 1.33. The number of thiazole rings is 1. The summed E-state index contributed by atoms with van der Waals surface area (Å²) in [5, 5.41) is 6.81. The van der Waals surface area contributed by atoms with E-state index in [1.54, 1.807) is 0 Å². The first-order valence-corrected chi connectivity index (χ1v) is 9.28. The van der Waals surface area contributed by atoms with Gasteiger partial charge in [-0.2, -0.15) is 0 Å². The Morgan fingerprint density at radius 2 is 2.09 bits per heavy atom. The van der Waals surface area contributed by atoms with E-state index in [1.807, 2.05) is 0 Å². The van der Waals surface area contributed by atoms with Gasteiger partial charge in [0.1, 0.15) is 0 Å². The van der Waals surface area contributed by atoms with Crippen molar-refractivity contribution in [1.82, 2.24) is 10.3 Å². The molecule has 0 aromatic carbocycles. The Kier molecular flexibility index (Phi) is 4.82. The Morgan fingerprint density at radius 3 is 2.83 bits per heavy atom.